The van der Waals surface area contributed by atoms with Crippen LogP contribution in [0.1, 0.15) is 40.6 Å². The number of likely N-dealkylation sites (tertiary alicyclic amines) is 1. The van der Waals surface area contributed by atoms with Crippen molar-refractivity contribution in [1.82, 2.24) is 9.88 Å². The average molecular weight is 332 g/mol. The van der Waals surface area contributed by atoms with E-state index in [1.54, 1.807) is 6.92 Å². The SMILES string of the molecule is Cc1nc(CC(C)C)sc1C(=O)N1CC[C@@H]2[C@H]1[C@H]2C(F)(F)F. The van der Waals surface area contributed by atoms with Crippen LogP contribution in [0, 0.1) is 24.7 Å². The highest BCUT2D eigenvalue weighted by Crippen LogP contribution is 2.58. The summed E-state index contributed by atoms with van der Waals surface area (Å²) in [5.41, 5.74) is 0.637. The molecule has 0 N–H and O–H groups in total. The van der Waals surface area contributed by atoms with Gasteiger partial charge in [-0.1, -0.05) is 13.8 Å². The van der Waals surface area contributed by atoms with Gasteiger partial charge in [-0.25, -0.2) is 4.98 Å². The van der Waals surface area contributed by atoms with E-state index in [1.807, 2.05) is 0 Å². The Labute approximate surface area is 131 Å². The number of fused-ring (bicyclic) bond motifs is 1. The van der Waals surface area contributed by atoms with Crippen LogP contribution in [0.3, 0.4) is 0 Å². The molecule has 3 atom stereocenters. The highest BCUT2D eigenvalue weighted by molar-refractivity contribution is 7.13. The van der Waals surface area contributed by atoms with E-state index in [-0.39, 0.29) is 5.91 Å². The molecule has 2 aliphatic rings. The number of alkyl halides is 3. The molecule has 0 aromatic carbocycles. The smallest absolute Gasteiger partial charge is 0.334 e. The minimum Gasteiger partial charge on any atom is -0.334 e. The highest BCUT2D eigenvalue weighted by atomic mass is 32.1. The fourth-order valence-electron chi connectivity index (χ4n) is 3.46. The maximum Gasteiger partial charge on any atom is 0.394 e. The number of amides is 1. The van der Waals surface area contributed by atoms with E-state index >= 15 is 0 Å². The Morgan fingerprint density at radius 1 is 1.45 bits per heavy atom. The molecular formula is C15H19F3N2OS. The van der Waals surface area contributed by atoms with Crippen LogP contribution in [-0.4, -0.2) is 34.6 Å². The first-order valence-electron chi connectivity index (χ1n) is 7.54. The summed E-state index contributed by atoms with van der Waals surface area (Å²) in [6, 6.07) is -0.650. The quantitative estimate of drug-likeness (QED) is 0.846. The number of rotatable bonds is 3. The second-order valence-electron chi connectivity index (χ2n) is 6.63. The van der Waals surface area contributed by atoms with Crippen LogP contribution < -0.4 is 0 Å². The molecule has 0 radical (unpaired) electrons. The van der Waals surface area contributed by atoms with E-state index in [4.69, 9.17) is 0 Å². The minimum atomic E-state index is -4.19. The van der Waals surface area contributed by atoms with Gasteiger partial charge in [0.05, 0.1) is 16.6 Å². The lowest BCUT2D eigenvalue weighted by Crippen LogP contribution is -2.35. The summed E-state index contributed by atoms with van der Waals surface area (Å²) in [7, 11) is 0. The third-order valence-electron chi connectivity index (χ3n) is 4.45. The Bertz CT molecular complexity index is 596. The fourth-order valence-corrected chi connectivity index (χ4v) is 4.69. The van der Waals surface area contributed by atoms with Crippen molar-refractivity contribution in [2.24, 2.45) is 17.8 Å². The predicted molar refractivity (Wildman–Crippen MR) is 77.9 cm³/mol. The largest absolute Gasteiger partial charge is 0.394 e. The minimum absolute atomic E-state index is 0.274. The van der Waals surface area contributed by atoms with Crippen LogP contribution in [0.4, 0.5) is 13.2 Å². The monoisotopic (exact) mass is 332 g/mol. The van der Waals surface area contributed by atoms with Gasteiger partial charge < -0.3 is 4.90 Å². The Kier molecular flexibility index (Phi) is 3.74. The van der Waals surface area contributed by atoms with E-state index in [9.17, 15) is 18.0 Å². The molecule has 1 aromatic heterocycles. The van der Waals surface area contributed by atoms with Gasteiger partial charge in [0.2, 0.25) is 0 Å². The second kappa shape index (κ2) is 5.22. The van der Waals surface area contributed by atoms with Gasteiger partial charge in [0, 0.05) is 19.0 Å². The Morgan fingerprint density at radius 2 is 2.14 bits per heavy atom. The molecule has 0 bridgehead atoms. The normalized spacial score (nSPS) is 27.4. The first kappa shape index (κ1) is 15.8. The van der Waals surface area contributed by atoms with Crippen molar-refractivity contribution in [3.63, 3.8) is 0 Å². The van der Waals surface area contributed by atoms with Crippen LogP contribution in [-0.2, 0) is 6.42 Å². The van der Waals surface area contributed by atoms with Crippen LogP contribution in [0.5, 0.6) is 0 Å². The maximum atomic E-state index is 12.9. The van der Waals surface area contributed by atoms with Crippen LogP contribution in [0.2, 0.25) is 0 Å². The first-order chi connectivity index (χ1) is 10.2. The molecule has 1 amide bonds. The Hall–Kier alpha value is -1.11. The number of halogens is 3. The third kappa shape index (κ3) is 2.64. The van der Waals surface area contributed by atoms with Crippen molar-refractivity contribution in [2.45, 2.75) is 45.8 Å². The number of carbonyl (C=O) groups excluding carboxylic acids is 1. The standard InChI is InChI=1S/C15H19F3N2OS/c1-7(2)6-10-19-8(3)13(22-10)14(21)20-5-4-9-11(12(9)20)15(16,17)18/h7,9,11-12H,4-6H2,1-3H3/t9-,11-,12-/m0/s1. The predicted octanol–water partition coefficient (Wildman–Crippen LogP) is 3.67. The zero-order chi connectivity index (χ0) is 16.2. The van der Waals surface area contributed by atoms with Gasteiger partial charge in [0.25, 0.3) is 5.91 Å². The summed E-state index contributed by atoms with van der Waals surface area (Å²) < 4.78 is 38.6. The summed E-state index contributed by atoms with van der Waals surface area (Å²) in [6.07, 6.45) is -2.95. The van der Waals surface area contributed by atoms with Crippen molar-refractivity contribution in [3.8, 4) is 0 Å². The Morgan fingerprint density at radius 3 is 2.68 bits per heavy atom. The molecule has 122 valence electrons. The molecule has 1 aliphatic carbocycles. The molecule has 1 saturated heterocycles. The summed E-state index contributed by atoms with van der Waals surface area (Å²) in [6.45, 7) is 6.33. The van der Waals surface area contributed by atoms with Gasteiger partial charge >= 0.3 is 6.18 Å². The van der Waals surface area contributed by atoms with Crippen LogP contribution in [0.15, 0.2) is 0 Å². The van der Waals surface area contributed by atoms with Gasteiger partial charge in [-0.2, -0.15) is 13.2 Å². The van der Waals surface area contributed by atoms with E-state index in [2.05, 4.69) is 18.8 Å². The number of aryl methyl sites for hydroxylation is 1. The zero-order valence-corrected chi connectivity index (χ0v) is 13.6. The molecule has 0 unspecified atom stereocenters. The molecule has 1 aliphatic heterocycles. The fraction of sp³-hybridized carbons (Fsp3) is 0.733. The molecule has 7 heteroatoms. The maximum absolute atomic E-state index is 12.9. The van der Waals surface area contributed by atoms with Crippen molar-refractivity contribution >= 4 is 17.2 Å². The van der Waals surface area contributed by atoms with E-state index in [0.29, 0.717) is 29.5 Å². The first-order valence-corrected chi connectivity index (χ1v) is 8.35. The molecule has 2 fully saturated rings. The molecule has 2 heterocycles. The summed E-state index contributed by atoms with van der Waals surface area (Å²) in [5, 5.41) is 0.884. The third-order valence-corrected chi connectivity index (χ3v) is 5.61. The van der Waals surface area contributed by atoms with Crippen molar-refractivity contribution in [3.05, 3.63) is 15.6 Å². The number of aromatic nitrogens is 1. The van der Waals surface area contributed by atoms with Crippen molar-refractivity contribution < 1.29 is 18.0 Å². The topological polar surface area (TPSA) is 33.2 Å². The van der Waals surface area contributed by atoms with E-state index < -0.39 is 24.1 Å². The lowest BCUT2D eigenvalue weighted by atomic mass is 10.1. The summed E-state index contributed by atoms with van der Waals surface area (Å²) in [4.78, 5) is 18.9. The molecule has 0 spiro atoms. The highest BCUT2D eigenvalue weighted by Gasteiger charge is 2.69. The molecular weight excluding hydrogens is 313 g/mol. The van der Waals surface area contributed by atoms with Gasteiger partial charge in [-0.15, -0.1) is 11.3 Å². The van der Waals surface area contributed by atoms with Crippen LogP contribution >= 0.6 is 11.3 Å². The van der Waals surface area contributed by atoms with Gasteiger partial charge in [0.1, 0.15) is 4.88 Å². The van der Waals surface area contributed by atoms with Gasteiger partial charge in [-0.3, -0.25) is 4.79 Å². The number of hydrogen-bond acceptors (Lipinski definition) is 3. The summed E-state index contributed by atoms with van der Waals surface area (Å²) >= 11 is 1.33. The van der Waals surface area contributed by atoms with Crippen LogP contribution in [0.25, 0.3) is 0 Å². The summed E-state index contributed by atoms with van der Waals surface area (Å²) in [5.74, 6) is -1.56. The lowest BCUT2D eigenvalue weighted by molar-refractivity contribution is -0.156. The number of piperidine rings is 1. The molecule has 3 rings (SSSR count). The number of carbonyl (C=O) groups is 1. The Balaban J connectivity index is 1.77. The molecule has 1 aromatic rings. The number of thiazole rings is 1. The zero-order valence-electron chi connectivity index (χ0n) is 12.8. The lowest BCUT2D eigenvalue weighted by Gasteiger charge is -2.20. The number of hydrogen-bond donors (Lipinski definition) is 0. The van der Waals surface area contributed by atoms with Gasteiger partial charge in [0.15, 0.2) is 0 Å². The number of nitrogens with zero attached hydrogens (tertiary/aromatic N) is 2. The second-order valence-corrected chi connectivity index (χ2v) is 7.71. The van der Waals surface area contributed by atoms with Crippen molar-refractivity contribution in [1.29, 1.82) is 0 Å². The molecule has 22 heavy (non-hydrogen) atoms. The van der Waals surface area contributed by atoms with E-state index in [1.165, 1.54) is 16.2 Å². The molecule has 3 nitrogen and oxygen atoms in total. The van der Waals surface area contributed by atoms with Crippen molar-refractivity contribution in [2.75, 3.05) is 6.54 Å². The molecule has 1 saturated carbocycles. The van der Waals surface area contributed by atoms with E-state index in [0.717, 1.165) is 11.4 Å². The average Bonchev–Trinajstić information content (AvgIpc) is 2.77. The van der Waals surface area contributed by atoms with Gasteiger partial charge in [-0.05, 0) is 25.2 Å².